The molecule has 0 unspecified atom stereocenters. The van der Waals surface area contributed by atoms with E-state index in [0.717, 1.165) is 27.9 Å². The van der Waals surface area contributed by atoms with Crippen LogP contribution in [0, 0.1) is 0 Å². The summed E-state index contributed by atoms with van der Waals surface area (Å²) in [6.45, 7) is 0.556. The average Bonchev–Trinajstić information content (AvgIpc) is 2.90. The SMILES string of the molecule is CNC(=O)C1=NCc2cc(-c3ccc(N)cc3)ccc21. The van der Waals surface area contributed by atoms with Crippen LogP contribution in [0.3, 0.4) is 0 Å². The first kappa shape index (κ1) is 12.4. The van der Waals surface area contributed by atoms with Crippen molar-refractivity contribution >= 4 is 17.3 Å². The Morgan fingerprint density at radius 1 is 1.15 bits per heavy atom. The number of rotatable bonds is 2. The molecule has 2 aromatic rings. The van der Waals surface area contributed by atoms with Gasteiger partial charge in [-0.25, -0.2) is 0 Å². The molecule has 0 saturated heterocycles. The molecule has 20 heavy (non-hydrogen) atoms. The number of aliphatic imine (C=N–C) groups is 1. The molecule has 0 radical (unpaired) electrons. The quantitative estimate of drug-likeness (QED) is 0.815. The molecule has 0 spiro atoms. The first-order valence-corrected chi connectivity index (χ1v) is 6.45. The van der Waals surface area contributed by atoms with Crippen molar-refractivity contribution in [3.8, 4) is 11.1 Å². The fraction of sp³-hybridized carbons (Fsp3) is 0.125. The number of likely N-dealkylation sites (N-methyl/N-ethyl adjacent to an activating group) is 1. The van der Waals surface area contributed by atoms with E-state index in [9.17, 15) is 4.79 Å². The Labute approximate surface area is 117 Å². The number of carbonyl (C=O) groups excluding carboxylic acids is 1. The second-order valence-corrected chi connectivity index (χ2v) is 4.74. The molecule has 0 saturated carbocycles. The van der Waals surface area contributed by atoms with Gasteiger partial charge >= 0.3 is 0 Å². The van der Waals surface area contributed by atoms with E-state index in [2.05, 4.69) is 16.4 Å². The maximum atomic E-state index is 11.7. The lowest BCUT2D eigenvalue weighted by Gasteiger charge is -2.06. The van der Waals surface area contributed by atoms with Crippen LogP contribution in [0.1, 0.15) is 11.1 Å². The van der Waals surface area contributed by atoms with Crippen molar-refractivity contribution in [1.82, 2.24) is 5.32 Å². The number of carbonyl (C=O) groups is 1. The molecule has 4 nitrogen and oxygen atoms in total. The molecule has 0 aromatic heterocycles. The van der Waals surface area contributed by atoms with Crippen molar-refractivity contribution in [1.29, 1.82) is 0 Å². The minimum absolute atomic E-state index is 0.135. The van der Waals surface area contributed by atoms with Crippen molar-refractivity contribution in [2.75, 3.05) is 12.8 Å². The Bertz CT molecular complexity index is 702. The smallest absolute Gasteiger partial charge is 0.269 e. The summed E-state index contributed by atoms with van der Waals surface area (Å²) < 4.78 is 0. The van der Waals surface area contributed by atoms with E-state index in [4.69, 9.17) is 5.73 Å². The normalized spacial score (nSPS) is 12.8. The summed E-state index contributed by atoms with van der Waals surface area (Å²) in [6.07, 6.45) is 0. The molecule has 1 amide bonds. The number of nitrogen functional groups attached to an aromatic ring is 1. The highest BCUT2D eigenvalue weighted by molar-refractivity contribution is 6.46. The summed E-state index contributed by atoms with van der Waals surface area (Å²) in [5.41, 5.74) is 11.2. The highest BCUT2D eigenvalue weighted by Crippen LogP contribution is 2.27. The number of nitrogens with one attached hydrogen (secondary N) is 1. The number of hydrogen-bond acceptors (Lipinski definition) is 3. The molecule has 0 fully saturated rings. The number of hydrogen-bond donors (Lipinski definition) is 2. The number of amides is 1. The minimum Gasteiger partial charge on any atom is -0.399 e. The Balaban J connectivity index is 1.97. The Morgan fingerprint density at radius 3 is 2.55 bits per heavy atom. The van der Waals surface area contributed by atoms with Gasteiger partial charge in [-0.15, -0.1) is 0 Å². The van der Waals surface area contributed by atoms with Gasteiger partial charge in [0.15, 0.2) is 0 Å². The van der Waals surface area contributed by atoms with Crippen LogP contribution in [0.15, 0.2) is 47.5 Å². The zero-order valence-corrected chi connectivity index (χ0v) is 11.2. The Hall–Kier alpha value is -2.62. The van der Waals surface area contributed by atoms with Crippen LogP contribution in [-0.2, 0) is 11.3 Å². The van der Waals surface area contributed by atoms with Gasteiger partial charge in [0.05, 0.1) is 6.54 Å². The average molecular weight is 265 g/mol. The molecule has 3 rings (SSSR count). The second kappa shape index (κ2) is 4.81. The van der Waals surface area contributed by atoms with Gasteiger partial charge in [0.2, 0.25) is 0 Å². The van der Waals surface area contributed by atoms with Gasteiger partial charge in [0, 0.05) is 18.3 Å². The standard InChI is InChI=1S/C16H15N3O/c1-18-16(20)15-14-7-4-11(8-12(14)9-19-15)10-2-5-13(17)6-3-10/h2-8H,9,17H2,1H3,(H,18,20). The maximum absolute atomic E-state index is 11.7. The third kappa shape index (κ3) is 2.05. The molecular formula is C16H15N3O. The third-order valence-electron chi connectivity index (χ3n) is 3.45. The summed E-state index contributed by atoms with van der Waals surface area (Å²) in [5, 5.41) is 2.62. The zero-order chi connectivity index (χ0) is 14.1. The highest BCUT2D eigenvalue weighted by Gasteiger charge is 2.21. The van der Waals surface area contributed by atoms with E-state index in [1.165, 1.54) is 0 Å². The zero-order valence-electron chi connectivity index (χ0n) is 11.2. The predicted molar refractivity (Wildman–Crippen MR) is 80.6 cm³/mol. The summed E-state index contributed by atoms with van der Waals surface area (Å²) in [6, 6.07) is 13.8. The Kier molecular flexibility index (Phi) is 2.99. The number of anilines is 1. The molecule has 0 atom stereocenters. The molecule has 1 aliphatic heterocycles. The van der Waals surface area contributed by atoms with Crippen LogP contribution < -0.4 is 11.1 Å². The lowest BCUT2D eigenvalue weighted by molar-refractivity contribution is -0.114. The largest absolute Gasteiger partial charge is 0.399 e. The summed E-state index contributed by atoms with van der Waals surface area (Å²) >= 11 is 0. The van der Waals surface area contributed by atoms with E-state index in [0.29, 0.717) is 12.3 Å². The van der Waals surface area contributed by atoms with E-state index < -0.39 is 0 Å². The van der Waals surface area contributed by atoms with E-state index in [1.807, 2.05) is 36.4 Å². The molecule has 1 heterocycles. The third-order valence-corrected chi connectivity index (χ3v) is 3.45. The maximum Gasteiger partial charge on any atom is 0.269 e. The molecule has 100 valence electrons. The van der Waals surface area contributed by atoms with Gasteiger partial charge < -0.3 is 11.1 Å². The van der Waals surface area contributed by atoms with Gasteiger partial charge in [0.1, 0.15) is 5.71 Å². The van der Waals surface area contributed by atoms with Crippen molar-refractivity contribution < 1.29 is 4.79 Å². The van der Waals surface area contributed by atoms with Gasteiger partial charge in [0.25, 0.3) is 5.91 Å². The predicted octanol–water partition coefficient (Wildman–Crippen LogP) is 1.98. The fourth-order valence-corrected chi connectivity index (χ4v) is 2.37. The first-order chi connectivity index (χ1) is 9.69. The molecule has 3 N–H and O–H groups in total. The first-order valence-electron chi connectivity index (χ1n) is 6.45. The highest BCUT2D eigenvalue weighted by atomic mass is 16.1. The number of nitrogens with zero attached hydrogens (tertiary/aromatic N) is 1. The van der Waals surface area contributed by atoms with E-state index in [1.54, 1.807) is 7.05 Å². The summed E-state index contributed by atoms with van der Waals surface area (Å²) in [4.78, 5) is 16.0. The Morgan fingerprint density at radius 2 is 1.85 bits per heavy atom. The van der Waals surface area contributed by atoms with Crippen LogP contribution in [0.25, 0.3) is 11.1 Å². The van der Waals surface area contributed by atoms with Crippen LogP contribution >= 0.6 is 0 Å². The van der Waals surface area contributed by atoms with Gasteiger partial charge in [-0.05, 0) is 34.9 Å². The molecule has 1 aliphatic rings. The monoisotopic (exact) mass is 265 g/mol. The molecule has 0 bridgehead atoms. The van der Waals surface area contributed by atoms with E-state index in [-0.39, 0.29) is 5.91 Å². The summed E-state index contributed by atoms with van der Waals surface area (Å²) in [7, 11) is 1.62. The number of benzene rings is 2. The van der Waals surface area contributed by atoms with Crippen molar-refractivity contribution in [3.63, 3.8) is 0 Å². The number of nitrogens with two attached hydrogens (primary N) is 1. The molecule has 4 heteroatoms. The van der Waals surface area contributed by atoms with Crippen LogP contribution in [0.5, 0.6) is 0 Å². The van der Waals surface area contributed by atoms with Gasteiger partial charge in [-0.1, -0.05) is 24.3 Å². The van der Waals surface area contributed by atoms with Gasteiger partial charge in [-0.2, -0.15) is 0 Å². The van der Waals surface area contributed by atoms with Crippen molar-refractivity contribution in [2.45, 2.75) is 6.54 Å². The van der Waals surface area contributed by atoms with E-state index >= 15 is 0 Å². The van der Waals surface area contributed by atoms with Crippen LogP contribution in [-0.4, -0.2) is 18.7 Å². The van der Waals surface area contributed by atoms with Crippen LogP contribution in [0.2, 0.25) is 0 Å². The van der Waals surface area contributed by atoms with Crippen LogP contribution in [0.4, 0.5) is 5.69 Å². The minimum atomic E-state index is -0.135. The molecule has 2 aromatic carbocycles. The fourth-order valence-electron chi connectivity index (χ4n) is 2.37. The topological polar surface area (TPSA) is 67.5 Å². The summed E-state index contributed by atoms with van der Waals surface area (Å²) in [5.74, 6) is -0.135. The number of fused-ring (bicyclic) bond motifs is 1. The van der Waals surface area contributed by atoms with Gasteiger partial charge in [-0.3, -0.25) is 9.79 Å². The lowest BCUT2D eigenvalue weighted by atomic mass is 9.98. The molecular weight excluding hydrogens is 250 g/mol. The lowest BCUT2D eigenvalue weighted by Crippen LogP contribution is -2.27. The van der Waals surface area contributed by atoms with Crippen molar-refractivity contribution in [3.05, 3.63) is 53.6 Å². The second-order valence-electron chi connectivity index (χ2n) is 4.74. The van der Waals surface area contributed by atoms with Crippen molar-refractivity contribution in [2.24, 2.45) is 4.99 Å². The molecule has 0 aliphatic carbocycles.